The molecule has 23 heavy (non-hydrogen) atoms. The second-order valence-electron chi connectivity index (χ2n) is 4.61. The van der Waals surface area contributed by atoms with Crippen LogP contribution < -0.4 is 0 Å². The average Bonchev–Trinajstić information content (AvgIpc) is 2.95. The lowest BCUT2D eigenvalue weighted by Crippen LogP contribution is -2.01. The number of nitro groups is 1. The molecule has 0 amide bonds. The van der Waals surface area contributed by atoms with E-state index in [9.17, 15) is 14.9 Å². The molecule has 0 radical (unpaired) electrons. The van der Waals surface area contributed by atoms with Crippen LogP contribution in [0.1, 0.15) is 10.4 Å². The van der Waals surface area contributed by atoms with Gasteiger partial charge in [0.25, 0.3) is 5.69 Å². The first kappa shape index (κ1) is 15.9. The van der Waals surface area contributed by atoms with Crippen molar-refractivity contribution in [3.63, 3.8) is 0 Å². The van der Waals surface area contributed by atoms with Gasteiger partial charge in [-0.2, -0.15) is 0 Å². The topological polar surface area (TPSA) is 73.1 Å². The lowest BCUT2D eigenvalue weighted by atomic mass is 10.1. The van der Waals surface area contributed by atoms with Gasteiger partial charge in [-0.15, -0.1) is 11.3 Å². The van der Waals surface area contributed by atoms with E-state index < -0.39 is 4.92 Å². The quantitative estimate of drug-likeness (QED) is 0.280. The number of hydrogen-bond acceptors (Lipinski definition) is 6. The van der Waals surface area contributed by atoms with Gasteiger partial charge < -0.3 is 0 Å². The molecule has 5 nitrogen and oxygen atoms in total. The van der Waals surface area contributed by atoms with Crippen LogP contribution in [-0.4, -0.2) is 21.4 Å². The Labute approximate surface area is 144 Å². The standard InChI is InChI=1S/C15H9ClN2O3S2/c16-10-3-1-9(2-4-10)13(19)8-22-15-17-12-6-5-11(18(20)21)7-14(12)23-15/h1-7H,8H2. The molecule has 0 atom stereocenters. The van der Waals surface area contributed by atoms with Crippen LogP contribution >= 0.6 is 34.7 Å². The molecule has 1 aromatic heterocycles. The molecule has 0 unspecified atom stereocenters. The maximum atomic E-state index is 12.1. The number of Topliss-reactive ketones (excluding diaryl/α,β-unsaturated/α-hetero) is 1. The second-order valence-corrected chi connectivity index (χ2v) is 7.30. The Morgan fingerprint density at radius 1 is 1.26 bits per heavy atom. The monoisotopic (exact) mass is 364 g/mol. The summed E-state index contributed by atoms with van der Waals surface area (Å²) < 4.78 is 1.45. The Morgan fingerprint density at radius 2 is 2.00 bits per heavy atom. The normalized spacial score (nSPS) is 10.8. The Balaban J connectivity index is 1.72. The summed E-state index contributed by atoms with van der Waals surface area (Å²) in [6.07, 6.45) is 0. The number of ketones is 1. The van der Waals surface area contributed by atoms with Crippen LogP contribution in [0.5, 0.6) is 0 Å². The highest BCUT2D eigenvalue weighted by Gasteiger charge is 2.12. The summed E-state index contributed by atoms with van der Waals surface area (Å²) in [5, 5.41) is 11.4. The highest BCUT2D eigenvalue weighted by atomic mass is 35.5. The lowest BCUT2D eigenvalue weighted by Gasteiger charge is -1.99. The number of hydrogen-bond donors (Lipinski definition) is 0. The summed E-state index contributed by atoms with van der Waals surface area (Å²) in [6.45, 7) is 0. The van der Waals surface area contributed by atoms with Crippen molar-refractivity contribution in [1.82, 2.24) is 4.98 Å². The maximum absolute atomic E-state index is 12.1. The molecule has 0 fully saturated rings. The molecular weight excluding hydrogens is 356 g/mol. The molecule has 0 N–H and O–H groups in total. The van der Waals surface area contributed by atoms with Crippen LogP contribution in [0.25, 0.3) is 10.2 Å². The van der Waals surface area contributed by atoms with Gasteiger partial charge in [0.05, 0.1) is 20.9 Å². The Bertz CT molecular complexity index is 893. The predicted molar refractivity (Wildman–Crippen MR) is 92.8 cm³/mol. The van der Waals surface area contributed by atoms with Crippen LogP contribution in [0.3, 0.4) is 0 Å². The minimum Gasteiger partial charge on any atom is -0.293 e. The number of carbonyl (C=O) groups is 1. The minimum atomic E-state index is -0.434. The fourth-order valence-corrected chi connectivity index (χ4v) is 4.04. The number of rotatable bonds is 5. The van der Waals surface area contributed by atoms with Crippen molar-refractivity contribution in [2.75, 3.05) is 5.75 Å². The summed E-state index contributed by atoms with van der Waals surface area (Å²) in [6, 6.07) is 11.3. The van der Waals surface area contributed by atoms with Gasteiger partial charge in [-0.3, -0.25) is 14.9 Å². The summed E-state index contributed by atoms with van der Waals surface area (Å²) in [4.78, 5) is 26.8. The third kappa shape index (κ3) is 3.69. The van der Waals surface area contributed by atoms with Crippen LogP contribution in [0.15, 0.2) is 46.8 Å². The fraction of sp³-hybridized carbons (Fsp3) is 0.0667. The zero-order chi connectivity index (χ0) is 16.4. The average molecular weight is 365 g/mol. The Hall–Kier alpha value is -1.96. The van der Waals surface area contributed by atoms with E-state index in [0.29, 0.717) is 20.4 Å². The number of thiazole rings is 1. The summed E-state index contributed by atoms with van der Waals surface area (Å²) >= 11 is 8.46. The number of thioether (sulfide) groups is 1. The van der Waals surface area contributed by atoms with Crippen molar-refractivity contribution in [2.24, 2.45) is 0 Å². The van der Waals surface area contributed by atoms with E-state index in [4.69, 9.17) is 11.6 Å². The van der Waals surface area contributed by atoms with Gasteiger partial charge in [-0.25, -0.2) is 4.98 Å². The molecule has 0 bridgehead atoms. The molecule has 1 heterocycles. The maximum Gasteiger partial charge on any atom is 0.270 e. The highest BCUT2D eigenvalue weighted by molar-refractivity contribution is 8.01. The number of nitro benzene ring substituents is 1. The third-order valence-electron chi connectivity index (χ3n) is 3.06. The highest BCUT2D eigenvalue weighted by Crippen LogP contribution is 2.32. The van der Waals surface area contributed by atoms with E-state index in [1.807, 2.05) is 0 Å². The largest absolute Gasteiger partial charge is 0.293 e. The Kier molecular flexibility index (Phi) is 4.61. The molecule has 0 aliphatic heterocycles. The summed E-state index contributed by atoms with van der Waals surface area (Å²) in [5.41, 5.74) is 1.33. The zero-order valence-corrected chi connectivity index (χ0v) is 14.0. The van der Waals surface area contributed by atoms with Crippen LogP contribution in [0.2, 0.25) is 5.02 Å². The Morgan fingerprint density at radius 3 is 2.70 bits per heavy atom. The molecule has 0 spiro atoms. The molecule has 3 rings (SSSR count). The minimum absolute atomic E-state index is 0.0168. The number of non-ortho nitro benzene ring substituents is 1. The molecule has 116 valence electrons. The van der Waals surface area contributed by atoms with E-state index in [0.717, 1.165) is 4.70 Å². The van der Waals surface area contributed by atoms with E-state index in [1.165, 1.54) is 35.2 Å². The fourth-order valence-electron chi connectivity index (χ4n) is 1.91. The number of benzene rings is 2. The number of carbonyl (C=O) groups excluding carboxylic acids is 1. The van der Waals surface area contributed by atoms with Crippen LogP contribution in [-0.2, 0) is 0 Å². The smallest absolute Gasteiger partial charge is 0.270 e. The van der Waals surface area contributed by atoms with Crippen molar-refractivity contribution < 1.29 is 9.72 Å². The zero-order valence-electron chi connectivity index (χ0n) is 11.6. The van der Waals surface area contributed by atoms with Crippen molar-refractivity contribution in [3.05, 3.63) is 63.2 Å². The van der Waals surface area contributed by atoms with E-state index in [-0.39, 0.29) is 17.2 Å². The van der Waals surface area contributed by atoms with Crippen molar-refractivity contribution in [3.8, 4) is 0 Å². The molecular formula is C15H9ClN2O3S2. The van der Waals surface area contributed by atoms with Crippen molar-refractivity contribution in [2.45, 2.75) is 4.34 Å². The molecule has 0 aliphatic carbocycles. The van der Waals surface area contributed by atoms with Gasteiger partial charge in [0, 0.05) is 22.7 Å². The molecule has 0 saturated heterocycles. The van der Waals surface area contributed by atoms with E-state index >= 15 is 0 Å². The van der Waals surface area contributed by atoms with Gasteiger partial charge in [-0.05, 0) is 30.3 Å². The SMILES string of the molecule is O=C(CSc1nc2ccc([N+](=O)[O-])cc2s1)c1ccc(Cl)cc1. The number of halogens is 1. The molecule has 8 heteroatoms. The van der Waals surface area contributed by atoms with Crippen LogP contribution in [0.4, 0.5) is 5.69 Å². The first-order valence-electron chi connectivity index (χ1n) is 6.49. The van der Waals surface area contributed by atoms with Crippen molar-refractivity contribution in [1.29, 1.82) is 0 Å². The molecule has 3 aromatic rings. The van der Waals surface area contributed by atoms with Gasteiger partial charge in [0.15, 0.2) is 10.1 Å². The summed E-state index contributed by atoms with van der Waals surface area (Å²) in [7, 11) is 0. The van der Waals surface area contributed by atoms with Gasteiger partial charge >= 0.3 is 0 Å². The van der Waals surface area contributed by atoms with Crippen LogP contribution in [0, 0.1) is 10.1 Å². The first-order valence-corrected chi connectivity index (χ1v) is 8.67. The molecule has 0 aliphatic rings. The van der Waals surface area contributed by atoms with Crippen molar-refractivity contribution >= 4 is 56.4 Å². The molecule has 0 saturated carbocycles. The number of aromatic nitrogens is 1. The van der Waals surface area contributed by atoms with Gasteiger partial charge in [0.1, 0.15) is 0 Å². The summed E-state index contributed by atoms with van der Waals surface area (Å²) in [5.74, 6) is 0.237. The first-order chi connectivity index (χ1) is 11.0. The number of nitrogens with zero attached hydrogens (tertiary/aromatic N) is 2. The predicted octanol–water partition coefficient (Wildman–Crippen LogP) is 4.83. The lowest BCUT2D eigenvalue weighted by molar-refractivity contribution is -0.384. The van der Waals surface area contributed by atoms with Gasteiger partial charge in [0.2, 0.25) is 0 Å². The number of fused-ring (bicyclic) bond motifs is 1. The van der Waals surface area contributed by atoms with Gasteiger partial charge in [-0.1, -0.05) is 23.4 Å². The molecule has 2 aromatic carbocycles. The van der Waals surface area contributed by atoms with E-state index in [1.54, 1.807) is 30.3 Å². The van der Waals surface area contributed by atoms with E-state index in [2.05, 4.69) is 4.98 Å². The second kappa shape index (κ2) is 6.66. The third-order valence-corrected chi connectivity index (χ3v) is 5.47.